The third-order valence-electron chi connectivity index (χ3n) is 3.06. The van der Waals surface area contributed by atoms with E-state index in [0.717, 1.165) is 26.0 Å². The summed E-state index contributed by atoms with van der Waals surface area (Å²) in [5.74, 6) is 1.14. The normalized spacial score (nSPS) is 24.1. The van der Waals surface area contributed by atoms with Crippen molar-refractivity contribution in [3.05, 3.63) is 5.89 Å². The van der Waals surface area contributed by atoms with Crippen LogP contribution in [0.4, 0.5) is 6.01 Å². The lowest BCUT2D eigenvalue weighted by Gasteiger charge is -2.16. The van der Waals surface area contributed by atoms with Crippen molar-refractivity contribution in [3.63, 3.8) is 0 Å². The second-order valence-electron chi connectivity index (χ2n) is 4.28. The summed E-state index contributed by atoms with van der Waals surface area (Å²) in [6.45, 7) is 4.44. The predicted molar refractivity (Wildman–Crippen MR) is 63.7 cm³/mol. The summed E-state index contributed by atoms with van der Waals surface area (Å²) < 4.78 is 11.0. The zero-order valence-electron chi connectivity index (χ0n) is 10.4. The number of nitrogens with one attached hydrogen (secondary N) is 2. The fraction of sp³-hybridized carbons (Fsp3) is 0.818. The summed E-state index contributed by atoms with van der Waals surface area (Å²) in [5, 5.41) is 14.0. The van der Waals surface area contributed by atoms with E-state index in [1.54, 1.807) is 0 Å². The average molecular weight is 240 g/mol. The minimum atomic E-state index is 0.363. The zero-order valence-corrected chi connectivity index (χ0v) is 10.4. The van der Waals surface area contributed by atoms with Crippen LogP contribution in [0.3, 0.4) is 0 Å². The molecular weight excluding hydrogens is 220 g/mol. The van der Waals surface area contributed by atoms with Gasteiger partial charge in [-0.3, -0.25) is 0 Å². The van der Waals surface area contributed by atoms with Crippen molar-refractivity contribution in [1.82, 2.24) is 15.5 Å². The van der Waals surface area contributed by atoms with E-state index in [1.165, 1.54) is 0 Å². The standard InChI is InChI=1S/C11H20N4O2/c1-3-9-8(4-5-16-9)6-13-11-15-14-10(17-11)7-12-2/h8-9,12H,3-7H2,1-2H3,(H,13,15). The van der Waals surface area contributed by atoms with Crippen LogP contribution in [0.15, 0.2) is 4.42 Å². The highest BCUT2D eigenvalue weighted by Crippen LogP contribution is 2.23. The lowest BCUT2D eigenvalue weighted by atomic mass is 10.00. The van der Waals surface area contributed by atoms with Gasteiger partial charge in [0.25, 0.3) is 0 Å². The van der Waals surface area contributed by atoms with Crippen molar-refractivity contribution >= 4 is 6.01 Å². The van der Waals surface area contributed by atoms with Gasteiger partial charge in [-0.15, -0.1) is 5.10 Å². The summed E-state index contributed by atoms with van der Waals surface area (Å²) in [6, 6.07) is 0.497. The van der Waals surface area contributed by atoms with Crippen LogP contribution in [-0.2, 0) is 11.3 Å². The first-order valence-corrected chi connectivity index (χ1v) is 6.16. The van der Waals surface area contributed by atoms with Crippen molar-refractivity contribution in [2.45, 2.75) is 32.4 Å². The Morgan fingerprint density at radius 2 is 2.29 bits per heavy atom. The molecule has 0 amide bonds. The molecular formula is C11H20N4O2. The smallest absolute Gasteiger partial charge is 0.315 e. The number of ether oxygens (including phenoxy) is 1. The lowest BCUT2D eigenvalue weighted by molar-refractivity contribution is 0.0899. The van der Waals surface area contributed by atoms with Gasteiger partial charge in [-0.05, 0) is 19.9 Å². The second kappa shape index (κ2) is 5.97. The van der Waals surface area contributed by atoms with Gasteiger partial charge >= 0.3 is 6.01 Å². The van der Waals surface area contributed by atoms with Crippen LogP contribution in [0, 0.1) is 5.92 Å². The number of nitrogens with zero attached hydrogens (tertiary/aromatic N) is 2. The van der Waals surface area contributed by atoms with Crippen molar-refractivity contribution < 1.29 is 9.15 Å². The van der Waals surface area contributed by atoms with Crippen molar-refractivity contribution in [1.29, 1.82) is 0 Å². The van der Waals surface area contributed by atoms with Crippen LogP contribution in [-0.4, -0.2) is 36.5 Å². The fourth-order valence-electron chi connectivity index (χ4n) is 2.14. The Balaban J connectivity index is 1.80. The summed E-state index contributed by atoms with van der Waals surface area (Å²) in [6.07, 6.45) is 2.52. The van der Waals surface area contributed by atoms with Gasteiger partial charge in [0.15, 0.2) is 0 Å². The second-order valence-corrected chi connectivity index (χ2v) is 4.28. The van der Waals surface area contributed by atoms with Gasteiger partial charge in [-0.2, -0.15) is 0 Å². The molecule has 1 aromatic heterocycles. The van der Waals surface area contributed by atoms with Crippen LogP contribution in [0.1, 0.15) is 25.7 Å². The summed E-state index contributed by atoms with van der Waals surface area (Å²) in [5.41, 5.74) is 0. The molecule has 1 fully saturated rings. The maximum absolute atomic E-state index is 5.63. The number of hydrogen-bond donors (Lipinski definition) is 2. The molecule has 17 heavy (non-hydrogen) atoms. The van der Waals surface area contributed by atoms with E-state index < -0.39 is 0 Å². The SMILES string of the molecule is CCC1OCCC1CNc1nnc(CNC)o1. The Morgan fingerprint density at radius 1 is 1.41 bits per heavy atom. The van der Waals surface area contributed by atoms with Gasteiger partial charge in [-0.25, -0.2) is 0 Å². The highest BCUT2D eigenvalue weighted by molar-refractivity contribution is 5.17. The first-order valence-electron chi connectivity index (χ1n) is 6.16. The van der Waals surface area contributed by atoms with Crippen molar-refractivity contribution in [3.8, 4) is 0 Å². The van der Waals surface area contributed by atoms with Crippen LogP contribution >= 0.6 is 0 Å². The minimum Gasteiger partial charge on any atom is -0.407 e. The molecule has 0 spiro atoms. The van der Waals surface area contributed by atoms with Gasteiger partial charge in [0.05, 0.1) is 12.6 Å². The Bertz CT molecular complexity index is 342. The van der Waals surface area contributed by atoms with Gasteiger partial charge in [-0.1, -0.05) is 12.0 Å². The first-order chi connectivity index (χ1) is 8.33. The van der Waals surface area contributed by atoms with E-state index in [2.05, 4.69) is 27.8 Å². The Kier molecular flexibility index (Phi) is 4.33. The Hall–Kier alpha value is -1.14. The third-order valence-corrected chi connectivity index (χ3v) is 3.06. The molecule has 2 atom stereocenters. The van der Waals surface area contributed by atoms with Gasteiger partial charge in [0.2, 0.25) is 5.89 Å². The monoisotopic (exact) mass is 240 g/mol. The zero-order chi connectivity index (χ0) is 12.1. The number of hydrogen-bond acceptors (Lipinski definition) is 6. The number of anilines is 1. The maximum Gasteiger partial charge on any atom is 0.315 e. The van der Waals surface area contributed by atoms with Crippen molar-refractivity contribution in [2.75, 3.05) is 25.5 Å². The van der Waals surface area contributed by atoms with E-state index in [0.29, 0.717) is 30.5 Å². The molecule has 0 aromatic carbocycles. The van der Waals surface area contributed by atoms with Crippen molar-refractivity contribution in [2.24, 2.45) is 5.92 Å². The first kappa shape index (κ1) is 12.3. The molecule has 2 rings (SSSR count). The average Bonchev–Trinajstić information content (AvgIpc) is 2.95. The van der Waals surface area contributed by atoms with Crippen LogP contribution in [0.2, 0.25) is 0 Å². The van der Waals surface area contributed by atoms with Crippen LogP contribution in [0.25, 0.3) is 0 Å². The molecule has 96 valence electrons. The lowest BCUT2D eigenvalue weighted by Crippen LogP contribution is -2.22. The summed E-state index contributed by atoms with van der Waals surface area (Å²) >= 11 is 0. The van der Waals surface area contributed by atoms with E-state index >= 15 is 0 Å². The molecule has 0 bridgehead atoms. The fourth-order valence-corrected chi connectivity index (χ4v) is 2.14. The highest BCUT2D eigenvalue weighted by Gasteiger charge is 2.26. The molecule has 0 radical (unpaired) electrons. The van der Waals surface area contributed by atoms with E-state index in [4.69, 9.17) is 9.15 Å². The largest absolute Gasteiger partial charge is 0.407 e. The molecule has 1 aromatic rings. The Labute approximate surface area is 101 Å². The summed E-state index contributed by atoms with van der Waals surface area (Å²) in [7, 11) is 1.85. The molecule has 1 aliphatic rings. The van der Waals surface area contributed by atoms with E-state index in [-0.39, 0.29) is 0 Å². The molecule has 0 saturated carbocycles. The molecule has 2 unspecified atom stereocenters. The van der Waals surface area contributed by atoms with Gasteiger partial charge < -0.3 is 19.8 Å². The number of aromatic nitrogens is 2. The number of rotatable bonds is 6. The molecule has 1 saturated heterocycles. The van der Waals surface area contributed by atoms with E-state index in [1.807, 2.05) is 7.05 Å². The predicted octanol–water partition coefficient (Wildman–Crippen LogP) is 1.02. The molecule has 2 heterocycles. The molecule has 1 aliphatic heterocycles. The minimum absolute atomic E-state index is 0.363. The van der Waals surface area contributed by atoms with Crippen LogP contribution in [0.5, 0.6) is 0 Å². The molecule has 6 nitrogen and oxygen atoms in total. The molecule has 6 heteroatoms. The summed E-state index contributed by atoms with van der Waals surface area (Å²) in [4.78, 5) is 0. The van der Waals surface area contributed by atoms with Gasteiger partial charge in [0.1, 0.15) is 0 Å². The topological polar surface area (TPSA) is 72.2 Å². The molecule has 2 N–H and O–H groups in total. The quantitative estimate of drug-likeness (QED) is 0.773. The van der Waals surface area contributed by atoms with E-state index in [9.17, 15) is 0 Å². The maximum atomic E-state index is 5.63. The third kappa shape index (κ3) is 3.17. The van der Waals surface area contributed by atoms with Crippen LogP contribution < -0.4 is 10.6 Å². The highest BCUT2D eigenvalue weighted by atomic mass is 16.5. The molecule has 0 aliphatic carbocycles. The van der Waals surface area contributed by atoms with Gasteiger partial charge in [0, 0.05) is 19.1 Å². The Morgan fingerprint density at radius 3 is 3.06 bits per heavy atom.